The smallest absolute Gasteiger partial charge is 0.358 e. The first kappa shape index (κ1) is 27.5. The number of nitrogens with one attached hydrogen (secondary N) is 1. The topological polar surface area (TPSA) is 65.4 Å². The van der Waals surface area contributed by atoms with Crippen molar-refractivity contribution in [2.24, 2.45) is 0 Å². The van der Waals surface area contributed by atoms with Crippen LogP contribution in [-0.2, 0) is 4.74 Å². The molecule has 6 nitrogen and oxygen atoms in total. The molecule has 1 aromatic heterocycles. The maximum Gasteiger partial charge on any atom is 0.358 e. The van der Waals surface area contributed by atoms with Crippen molar-refractivity contribution >= 4 is 34.9 Å². The number of anilines is 1. The van der Waals surface area contributed by atoms with Crippen molar-refractivity contribution in [3.63, 3.8) is 0 Å². The zero-order valence-electron chi connectivity index (χ0n) is 21.7. The summed E-state index contributed by atoms with van der Waals surface area (Å²) in [6.45, 7) is 5.87. The van der Waals surface area contributed by atoms with Crippen LogP contribution in [0, 0.1) is 12.7 Å². The number of aromatic nitrogens is 2. The van der Waals surface area contributed by atoms with Gasteiger partial charge in [-0.2, -0.15) is 0 Å². The highest BCUT2D eigenvalue weighted by Gasteiger charge is 2.33. The molecular weight excluding hydrogens is 528 g/mol. The van der Waals surface area contributed by atoms with Crippen molar-refractivity contribution in [3.05, 3.63) is 99.0 Å². The lowest BCUT2D eigenvalue weighted by Crippen LogP contribution is -2.23. The third kappa shape index (κ3) is 5.22. The predicted molar refractivity (Wildman–Crippen MR) is 149 cm³/mol. The number of benzene rings is 3. The van der Waals surface area contributed by atoms with Gasteiger partial charge in [-0.1, -0.05) is 47.5 Å². The highest BCUT2D eigenvalue weighted by atomic mass is 35.5. The number of hydrogen-bond donors (Lipinski definition) is 1. The lowest BCUT2D eigenvalue weighted by atomic mass is 9.96. The van der Waals surface area contributed by atoms with Gasteiger partial charge in [0.05, 0.1) is 42.2 Å². The van der Waals surface area contributed by atoms with Crippen LogP contribution in [0.3, 0.4) is 0 Å². The number of nitrogens with zero attached hydrogens (tertiary/aromatic N) is 2. The van der Waals surface area contributed by atoms with E-state index in [2.05, 4.69) is 5.32 Å². The summed E-state index contributed by atoms with van der Waals surface area (Å²) in [6, 6.07) is 16.7. The summed E-state index contributed by atoms with van der Waals surface area (Å²) in [5, 5.41) is 3.82. The van der Waals surface area contributed by atoms with Gasteiger partial charge < -0.3 is 19.4 Å². The lowest BCUT2D eigenvalue weighted by Gasteiger charge is -2.27. The van der Waals surface area contributed by atoms with E-state index < -0.39 is 17.8 Å². The van der Waals surface area contributed by atoms with E-state index in [9.17, 15) is 4.79 Å². The first-order valence-electron chi connectivity index (χ1n) is 12.0. The van der Waals surface area contributed by atoms with E-state index in [1.54, 1.807) is 25.3 Å². The van der Waals surface area contributed by atoms with E-state index in [0.717, 1.165) is 11.1 Å². The molecule has 0 bridgehead atoms. The molecule has 1 unspecified atom stereocenters. The number of rotatable bonds is 8. The quantitative estimate of drug-likeness (QED) is 0.224. The van der Waals surface area contributed by atoms with Gasteiger partial charge in [-0.05, 0) is 68.3 Å². The molecule has 0 saturated carbocycles. The van der Waals surface area contributed by atoms with Crippen LogP contribution in [0.2, 0.25) is 10.0 Å². The fourth-order valence-corrected chi connectivity index (χ4v) is 4.94. The molecule has 1 heterocycles. The number of ether oxygens (including phenoxy) is 2. The van der Waals surface area contributed by atoms with Crippen LogP contribution >= 0.6 is 23.2 Å². The van der Waals surface area contributed by atoms with Crippen molar-refractivity contribution in [1.82, 2.24) is 9.55 Å². The first-order chi connectivity index (χ1) is 18.2. The molecule has 0 aliphatic rings. The van der Waals surface area contributed by atoms with E-state index >= 15 is 4.39 Å². The maximum atomic E-state index is 15.2. The molecule has 38 heavy (non-hydrogen) atoms. The SMILES string of the molecule is COC(=O)c1nc(-c2ccccc2OC)n(C(C)C)c1C(Nc1cccc(Cl)c1F)c1ccc(Cl)cc1C. The minimum atomic E-state index is -0.729. The lowest BCUT2D eigenvalue weighted by molar-refractivity contribution is 0.0593. The third-order valence-corrected chi connectivity index (χ3v) is 6.79. The summed E-state index contributed by atoms with van der Waals surface area (Å²) in [5.74, 6) is -0.125. The average molecular weight is 556 g/mol. The van der Waals surface area contributed by atoms with Crippen LogP contribution in [0.15, 0.2) is 60.7 Å². The molecule has 4 aromatic rings. The molecule has 0 aliphatic carbocycles. The molecule has 9 heteroatoms. The number of imidazole rings is 1. The Kier molecular flexibility index (Phi) is 8.29. The van der Waals surface area contributed by atoms with E-state index in [-0.39, 0.29) is 22.4 Å². The molecule has 198 valence electrons. The Morgan fingerprint density at radius 1 is 1.05 bits per heavy atom. The van der Waals surface area contributed by atoms with Crippen LogP contribution in [-0.4, -0.2) is 29.7 Å². The van der Waals surface area contributed by atoms with Crippen molar-refractivity contribution in [2.45, 2.75) is 32.9 Å². The normalized spacial score (nSPS) is 11.9. The minimum Gasteiger partial charge on any atom is -0.496 e. The molecule has 3 aromatic carbocycles. The molecule has 0 radical (unpaired) electrons. The van der Waals surface area contributed by atoms with Gasteiger partial charge in [0.15, 0.2) is 11.5 Å². The Bertz CT molecular complexity index is 1490. The summed E-state index contributed by atoms with van der Waals surface area (Å²) >= 11 is 12.4. The number of aryl methyl sites for hydroxylation is 1. The van der Waals surface area contributed by atoms with Gasteiger partial charge in [0.25, 0.3) is 0 Å². The fourth-order valence-electron chi connectivity index (χ4n) is 4.54. The van der Waals surface area contributed by atoms with Gasteiger partial charge in [0.1, 0.15) is 11.6 Å². The van der Waals surface area contributed by atoms with Crippen LogP contribution in [0.5, 0.6) is 5.75 Å². The Morgan fingerprint density at radius 2 is 1.79 bits per heavy atom. The molecule has 4 rings (SSSR count). The van der Waals surface area contributed by atoms with Gasteiger partial charge >= 0.3 is 5.97 Å². The molecule has 1 N–H and O–H groups in total. The molecule has 0 saturated heterocycles. The zero-order valence-corrected chi connectivity index (χ0v) is 23.2. The number of carbonyl (C=O) groups is 1. The van der Waals surface area contributed by atoms with Gasteiger partial charge in [-0.25, -0.2) is 14.2 Å². The zero-order chi connectivity index (χ0) is 27.6. The molecule has 0 spiro atoms. The molecule has 0 aliphatic heterocycles. The standard InChI is InChI=1S/C29H28Cl2FN3O3/c1-16(2)35-27(26(29(36)38-5)34-28(35)20-9-6-7-12-23(20)37-4)25(19-14-13-18(30)15-17(19)3)33-22-11-8-10-21(31)24(22)32/h6-16,25,33H,1-5H3. The number of carbonyl (C=O) groups excluding carboxylic acids is 1. The molecular formula is C29H28Cl2FN3O3. The second kappa shape index (κ2) is 11.5. The number of methoxy groups -OCH3 is 2. The number of halogens is 3. The molecule has 1 atom stereocenters. The summed E-state index contributed by atoms with van der Waals surface area (Å²) < 4.78 is 27.9. The molecule has 0 fully saturated rings. The van der Waals surface area contributed by atoms with Crippen LogP contribution in [0.25, 0.3) is 11.4 Å². The number of esters is 1. The largest absolute Gasteiger partial charge is 0.496 e. The van der Waals surface area contributed by atoms with Crippen molar-refractivity contribution in [3.8, 4) is 17.1 Å². The van der Waals surface area contributed by atoms with E-state index in [1.165, 1.54) is 13.2 Å². The van der Waals surface area contributed by atoms with Crippen molar-refractivity contribution in [1.29, 1.82) is 0 Å². The fraction of sp³-hybridized carbons (Fsp3) is 0.241. The van der Waals surface area contributed by atoms with Crippen molar-refractivity contribution in [2.75, 3.05) is 19.5 Å². The van der Waals surface area contributed by atoms with Crippen LogP contribution < -0.4 is 10.1 Å². The Morgan fingerprint density at radius 3 is 2.45 bits per heavy atom. The van der Waals surface area contributed by atoms with Gasteiger partial charge in [0, 0.05) is 11.1 Å². The van der Waals surface area contributed by atoms with Crippen LogP contribution in [0.1, 0.15) is 53.2 Å². The summed E-state index contributed by atoms with van der Waals surface area (Å²) in [5.41, 5.74) is 3.06. The van der Waals surface area contributed by atoms with Gasteiger partial charge in [-0.3, -0.25) is 0 Å². The van der Waals surface area contributed by atoms with E-state index in [1.807, 2.05) is 61.7 Å². The number of para-hydroxylation sites is 1. The maximum absolute atomic E-state index is 15.2. The molecule has 0 amide bonds. The summed E-state index contributed by atoms with van der Waals surface area (Å²) in [6.07, 6.45) is 0. The Hall–Kier alpha value is -3.55. The Labute approximate surface area is 231 Å². The second-order valence-corrected chi connectivity index (χ2v) is 9.85. The average Bonchev–Trinajstić information content (AvgIpc) is 3.30. The minimum absolute atomic E-state index is 0.0261. The van der Waals surface area contributed by atoms with Gasteiger partial charge in [0.2, 0.25) is 0 Å². The third-order valence-electron chi connectivity index (χ3n) is 6.26. The highest BCUT2D eigenvalue weighted by Crippen LogP contribution is 2.40. The Balaban J connectivity index is 2.08. The van der Waals surface area contributed by atoms with Crippen molar-refractivity contribution < 1.29 is 18.7 Å². The van der Waals surface area contributed by atoms with Crippen LogP contribution in [0.4, 0.5) is 10.1 Å². The van der Waals surface area contributed by atoms with E-state index in [0.29, 0.717) is 27.9 Å². The summed E-state index contributed by atoms with van der Waals surface area (Å²) in [7, 11) is 2.88. The first-order valence-corrected chi connectivity index (χ1v) is 12.7. The summed E-state index contributed by atoms with van der Waals surface area (Å²) in [4.78, 5) is 18.0. The van der Waals surface area contributed by atoms with Gasteiger partial charge in [-0.15, -0.1) is 0 Å². The monoisotopic (exact) mass is 555 g/mol. The van der Waals surface area contributed by atoms with E-state index in [4.69, 9.17) is 37.7 Å². The predicted octanol–water partition coefficient (Wildman–Crippen LogP) is 7.88. The number of hydrogen-bond acceptors (Lipinski definition) is 5. The highest BCUT2D eigenvalue weighted by molar-refractivity contribution is 6.31. The second-order valence-electron chi connectivity index (χ2n) is 9.00.